The minimum absolute atomic E-state index is 1.04. The van der Waals surface area contributed by atoms with Crippen LogP contribution < -0.4 is 5.32 Å². The minimum Gasteiger partial charge on any atom is -0.320 e. The van der Waals surface area contributed by atoms with Gasteiger partial charge >= 0.3 is 0 Å². The quantitative estimate of drug-likeness (QED) is 0.668. The molecule has 2 heteroatoms. The second-order valence-electron chi connectivity index (χ2n) is 6.01. The highest BCUT2D eigenvalue weighted by atomic mass is 15.1. The van der Waals surface area contributed by atoms with E-state index in [4.69, 9.17) is 0 Å². The van der Waals surface area contributed by atoms with Crippen LogP contribution in [-0.4, -0.2) is 38.6 Å². The lowest BCUT2D eigenvalue weighted by Gasteiger charge is -2.27. The van der Waals surface area contributed by atoms with E-state index in [-0.39, 0.29) is 0 Å². The largest absolute Gasteiger partial charge is 0.320 e. The van der Waals surface area contributed by atoms with E-state index in [1.807, 2.05) is 7.05 Å². The van der Waals surface area contributed by atoms with Crippen LogP contribution in [0.3, 0.4) is 0 Å². The molecule has 16 heavy (non-hydrogen) atoms. The summed E-state index contributed by atoms with van der Waals surface area (Å²) in [5.41, 5.74) is 0. The van der Waals surface area contributed by atoms with Crippen molar-refractivity contribution >= 4 is 0 Å². The molecule has 0 spiro atoms. The highest BCUT2D eigenvalue weighted by Crippen LogP contribution is 2.48. The van der Waals surface area contributed by atoms with Crippen LogP contribution in [-0.2, 0) is 0 Å². The smallest absolute Gasteiger partial charge is 0.000936 e. The Morgan fingerprint density at radius 1 is 1.19 bits per heavy atom. The first-order chi connectivity index (χ1) is 7.79. The van der Waals surface area contributed by atoms with E-state index in [0.717, 1.165) is 17.8 Å². The molecular weight excluding hydrogens is 196 g/mol. The molecule has 0 saturated heterocycles. The number of rotatable bonds is 7. The Hall–Kier alpha value is -0.0800. The molecule has 2 aliphatic rings. The third-order valence-electron chi connectivity index (χ3n) is 4.65. The van der Waals surface area contributed by atoms with Crippen LogP contribution in [0.5, 0.6) is 0 Å². The van der Waals surface area contributed by atoms with Crippen LogP contribution in [0.4, 0.5) is 0 Å². The first-order valence-corrected chi connectivity index (χ1v) is 7.12. The van der Waals surface area contributed by atoms with Gasteiger partial charge in [-0.15, -0.1) is 0 Å². The van der Waals surface area contributed by atoms with Crippen molar-refractivity contribution in [3.05, 3.63) is 0 Å². The second-order valence-corrected chi connectivity index (χ2v) is 6.01. The number of unbranched alkanes of at least 4 members (excludes halogenated alkanes) is 1. The van der Waals surface area contributed by atoms with Gasteiger partial charge in [0.25, 0.3) is 0 Å². The molecule has 2 aliphatic carbocycles. The molecule has 0 aromatic heterocycles. The van der Waals surface area contributed by atoms with E-state index in [2.05, 4.69) is 17.3 Å². The van der Waals surface area contributed by atoms with Gasteiger partial charge in [0, 0.05) is 6.54 Å². The molecule has 2 saturated carbocycles. The van der Waals surface area contributed by atoms with Gasteiger partial charge in [-0.25, -0.2) is 0 Å². The Kier molecular flexibility index (Phi) is 4.66. The highest BCUT2D eigenvalue weighted by Gasteiger charge is 2.39. The standard InChI is InChI=1S/C14H28N2/c1-15-7-3-4-8-16(2)11-14-10-12-5-6-13(14)9-12/h12-15H,3-11H2,1-2H3. The summed E-state index contributed by atoms with van der Waals surface area (Å²) in [6.07, 6.45) is 8.81. The third kappa shape index (κ3) is 3.21. The third-order valence-corrected chi connectivity index (χ3v) is 4.65. The predicted octanol–water partition coefficient (Wildman–Crippen LogP) is 2.35. The first kappa shape index (κ1) is 12.4. The maximum atomic E-state index is 3.22. The zero-order valence-electron chi connectivity index (χ0n) is 11.0. The SMILES string of the molecule is CNCCCCN(C)CC1CC2CCC1C2. The summed E-state index contributed by atoms with van der Waals surface area (Å²) >= 11 is 0. The Bertz CT molecular complexity index is 205. The second kappa shape index (κ2) is 6.02. The van der Waals surface area contributed by atoms with Crippen LogP contribution in [0.15, 0.2) is 0 Å². The molecule has 0 heterocycles. The van der Waals surface area contributed by atoms with E-state index in [1.165, 1.54) is 51.7 Å². The van der Waals surface area contributed by atoms with Crippen molar-refractivity contribution < 1.29 is 0 Å². The van der Waals surface area contributed by atoms with Crippen molar-refractivity contribution in [3.63, 3.8) is 0 Å². The lowest BCUT2D eigenvalue weighted by atomic mass is 9.88. The van der Waals surface area contributed by atoms with Crippen LogP contribution in [0.2, 0.25) is 0 Å². The molecule has 0 aliphatic heterocycles. The van der Waals surface area contributed by atoms with Crippen molar-refractivity contribution in [1.82, 2.24) is 10.2 Å². The van der Waals surface area contributed by atoms with Gasteiger partial charge in [-0.1, -0.05) is 6.42 Å². The number of hydrogen-bond acceptors (Lipinski definition) is 2. The summed E-state index contributed by atoms with van der Waals surface area (Å²) in [6.45, 7) is 3.82. The van der Waals surface area contributed by atoms with Crippen molar-refractivity contribution in [2.45, 2.75) is 38.5 Å². The summed E-state index contributed by atoms with van der Waals surface area (Å²) in [4.78, 5) is 2.57. The molecule has 3 unspecified atom stereocenters. The van der Waals surface area contributed by atoms with Gasteiger partial charge in [0.2, 0.25) is 0 Å². The number of nitrogens with zero attached hydrogens (tertiary/aromatic N) is 1. The fourth-order valence-corrected chi connectivity index (χ4v) is 3.78. The summed E-state index contributed by atoms with van der Waals surface area (Å²) in [5, 5.41) is 3.22. The number of hydrogen-bond donors (Lipinski definition) is 1. The van der Waals surface area contributed by atoms with Crippen molar-refractivity contribution in [2.75, 3.05) is 33.7 Å². The molecule has 0 amide bonds. The molecule has 2 rings (SSSR count). The fraction of sp³-hybridized carbons (Fsp3) is 1.00. The van der Waals surface area contributed by atoms with Crippen LogP contribution >= 0.6 is 0 Å². The lowest BCUT2D eigenvalue weighted by Crippen LogP contribution is -2.29. The zero-order valence-corrected chi connectivity index (χ0v) is 11.0. The van der Waals surface area contributed by atoms with Crippen LogP contribution in [0.25, 0.3) is 0 Å². The van der Waals surface area contributed by atoms with Crippen LogP contribution in [0.1, 0.15) is 38.5 Å². The molecule has 2 bridgehead atoms. The van der Waals surface area contributed by atoms with Gasteiger partial charge < -0.3 is 10.2 Å². The average molecular weight is 224 g/mol. The average Bonchev–Trinajstić information content (AvgIpc) is 2.86. The molecule has 0 aromatic carbocycles. The van der Waals surface area contributed by atoms with E-state index in [1.54, 1.807) is 6.42 Å². The van der Waals surface area contributed by atoms with Gasteiger partial charge in [-0.2, -0.15) is 0 Å². The summed E-state index contributed by atoms with van der Waals surface area (Å²) in [6, 6.07) is 0. The first-order valence-electron chi connectivity index (χ1n) is 7.12. The maximum Gasteiger partial charge on any atom is 0.000936 e. The fourth-order valence-electron chi connectivity index (χ4n) is 3.78. The summed E-state index contributed by atoms with van der Waals surface area (Å²) in [5.74, 6) is 3.23. The summed E-state index contributed by atoms with van der Waals surface area (Å²) in [7, 11) is 4.35. The van der Waals surface area contributed by atoms with Crippen LogP contribution in [0, 0.1) is 17.8 Å². The highest BCUT2D eigenvalue weighted by molar-refractivity contribution is 4.90. The molecule has 2 fully saturated rings. The van der Waals surface area contributed by atoms with Crippen molar-refractivity contribution in [3.8, 4) is 0 Å². The monoisotopic (exact) mass is 224 g/mol. The molecule has 2 nitrogen and oxygen atoms in total. The number of fused-ring (bicyclic) bond motifs is 2. The zero-order chi connectivity index (χ0) is 11.4. The Morgan fingerprint density at radius 3 is 2.69 bits per heavy atom. The van der Waals surface area contributed by atoms with Gasteiger partial charge in [0.05, 0.1) is 0 Å². The maximum absolute atomic E-state index is 3.22. The van der Waals surface area contributed by atoms with Gasteiger partial charge in [0.1, 0.15) is 0 Å². The lowest BCUT2D eigenvalue weighted by molar-refractivity contribution is 0.217. The molecule has 3 atom stereocenters. The Balaban J connectivity index is 1.58. The van der Waals surface area contributed by atoms with Gasteiger partial charge in [0.15, 0.2) is 0 Å². The van der Waals surface area contributed by atoms with Gasteiger partial charge in [-0.05, 0) is 77.0 Å². The Labute approximate surface area is 101 Å². The Morgan fingerprint density at radius 2 is 2.06 bits per heavy atom. The van der Waals surface area contributed by atoms with E-state index in [9.17, 15) is 0 Å². The topological polar surface area (TPSA) is 15.3 Å². The van der Waals surface area contributed by atoms with Crippen molar-refractivity contribution in [1.29, 1.82) is 0 Å². The molecule has 0 aromatic rings. The molecule has 94 valence electrons. The van der Waals surface area contributed by atoms with Gasteiger partial charge in [-0.3, -0.25) is 0 Å². The van der Waals surface area contributed by atoms with E-state index >= 15 is 0 Å². The molecular formula is C14H28N2. The van der Waals surface area contributed by atoms with Crippen molar-refractivity contribution in [2.24, 2.45) is 17.8 Å². The normalized spacial score (nSPS) is 32.8. The molecule has 1 N–H and O–H groups in total. The molecule has 0 radical (unpaired) electrons. The summed E-state index contributed by atoms with van der Waals surface area (Å²) < 4.78 is 0. The van der Waals surface area contributed by atoms with E-state index < -0.39 is 0 Å². The predicted molar refractivity (Wildman–Crippen MR) is 69.6 cm³/mol. The number of nitrogens with one attached hydrogen (secondary N) is 1. The minimum atomic E-state index is 1.04. The van der Waals surface area contributed by atoms with E-state index in [0.29, 0.717) is 0 Å².